The number of aryl methyl sites for hydroxylation is 1. The highest BCUT2D eigenvalue weighted by Crippen LogP contribution is 2.30. The van der Waals surface area contributed by atoms with Crippen LogP contribution in [0.2, 0.25) is 0 Å². The van der Waals surface area contributed by atoms with Crippen LogP contribution in [0.4, 0.5) is 0 Å². The summed E-state index contributed by atoms with van der Waals surface area (Å²) in [6.45, 7) is 6.07. The molecule has 2 rings (SSSR count). The quantitative estimate of drug-likeness (QED) is 0.779. The molecule has 0 saturated heterocycles. The Kier molecular flexibility index (Phi) is 2.99. The van der Waals surface area contributed by atoms with Gasteiger partial charge >= 0.3 is 0 Å². The Morgan fingerprint density at radius 1 is 1.56 bits per heavy atom. The van der Waals surface area contributed by atoms with Crippen LogP contribution in [0.3, 0.4) is 0 Å². The van der Waals surface area contributed by atoms with Crippen LogP contribution >= 0.6 is 0 Å². The van der Waals surface area contributed by atoms with Gasteiger partial charge in [0.05, 0.1) is 0 Å². The molecule has 2 heteroatoms. The Morgan fingerprint density at radius 2 is 2.31 bits per heavy atom. The fourth-order valence-electron chi connectivity index (χ4n) is 2.05. The lowest BCUT2D eigenvalue weighted by molar-refractivity contribution is -0.128. The van der Waals surface area contributed by atoms with Crippen molar-refractivity contribution in [2.45, 2.75) is 39.7 Å². The summed E-state index contributed by atoms with van der Waals surface area (Å²) in [5, 5.41) is 0. The number of rotatable bonds is 3. The standard InChI is InChI=1S/C14H18O2/c1-4-10(3)14(15)13-8-11-7-9(2)5-6-12(11)16-13/h5-7,10,13H,4,8H2,1-3H3. The van der Waals surface area contributed by atoms with Gasteiger partial charge < -0.3 is 4.74 Å². The summed E-state index contributed by atoms with van der Waals surface area (Å²) in [4.78, 5) is 12.0. The van der Waals surface area contributed by atoms with Crippen LogP contribution in [0.5, 0.6) is 5.75 Å². The van der Waals surface area contributed by atoms with Gasteiger partial charge in [-0.2, -0.15) is 0 Å². The van der Waals surface area contributed by atoms with Gasteiger partial charge in [-0.3, -0.25) is 4.79 Å². The number of carbonyl (C=O) groups excluding carboxylic acids is 1. The highest BCUT2D eigenvalue weighted by Gasteiger charge is 2.31. The number of hydrogen-bond acceptors (Lipinski definition) is 2. The molecular formula is C14H18O2. The zero-order chi connectivity index (χ0) is 11.7. The second-order valence-electron chi connectivity index (χ2n) is 4.63. The van der Waals surface area contributed by atoms with Gasteiger partial charge in [-0.15, -0.1) is 0 Å². The summed E-state index contributed by atoms with van der Waals surface area (Å²) >= 11 is 0. The molecule has 86 valence electrons. The molecule has 0 aliphatic carbocycles. The van der Waals surface area contributed by atoms with Gasteiger partial charge in [-0.1, -0.05) is 31.5 Å². The van der Waals surface area contributed by atoms with E-state index >= 15 is 0 Å². The van der Waals surface area contributed by atoms with Crippen molar-refractivity contribution in [1.82, 2.24) is 0 Å². The van der Waals surface area contributed by atoms with E-state index in [1.54, 1.807) is 0 Å². The van der Waals surface area contributed by atoms with Gasteiger partial charge in [0.2, 0.25) is 0 Å². The lowest BCUT2D eigenvalue weighted by atomic mass is 9.96. The summed E-state index contributed by atoms with van der Waals surface area (Å²) < 4.78 is 5.70. The first-order valence-electron chi connectivity index (χ1n) is 5.91. The van der Waals surface area contributed by atoms with Gasteiger partial charge in [-0.05, 0) is 25.0 Å². The number of hydrogen-bond donors (Lipinski definition) is 0. The molecule has 0 fully saturated rings. The van der Waals surface area contributed by atoms with Gasteiger partial charge in [0.15, 0.2) is 11.9 Å². The van der Waals surface area contributed by atoms with Crippen molar-refractivity contribution in [3.05, 3.63) is 29.3 Å². The number of ether oxygens (including phenoxy) is 1. The molecule has 0 spiro atoms. The molecule has 0 radical (unpaired) electrons. The first kappa shape index (κ1) is 11.2. The molecule has 1 aliphatic heterocycles. The number of carbonyl (C=O) groups is 1. The first-order valence-corrected chi connectivity index (χ1v) is 5.91. The summed E-state index contributed by atoms with van der Waals surface area (Å²) in [7, 11) is 0. The third kappa shape index (κ3) is 1.97. The number of benzene rings is 1. The molecule has 2 nitrogen and oxygen atoms in total. The number of ketones is 1. The van der Waals surface area contributed by atoms with E-state index in [-0.39, 0.29) is 17.8 Å². The predicted octanol–water partition coefficient (Wildman–Crippen LogP) is 2.91. The normalized spacial score (nSPS) is 20.1. The molecule has 2 unspecified atom stereocenters. The third-order valence-corrected chi connectivity index (χ3v) is 3.31. The van der Waals surface area contributed by atoms with Gasteiger partial charge in [-0.25, -0.2) is 0 Å². The molecule has 2 atom stereocenters. The van der Waals surface area contributed by atoms with E-state index in [0.717, 1.165) is 18.6 Å². The molecule has 0 aromatic heterocycles. The number of Topliss-reactive ketones (excluding diaryl/α,β-unsaturated/α-hetero) is 1. The smallest absolute Gasteiger partial charge is 0.176 e. The average Bonchev–Trinajstić information content (AvgIpc) is 2.69. The number of fused-ring (bicyclic) bond motifs is 1. The predicted molar refractivity (Wildman–Crippen MR) is 63.8 cm³/mol. The van der Waals surface area contributed by atoms with Gasteiger partial charge in [0.25, 0.3) is 0 Å². The van der Waals surface area contributed by atoms with Crippen molar-refractivity contribution in [2.24, 2.45) is 5.92 Å². The van der Waals surface area contributed by atoms with E-state index in [9.17, 15) is 4.79 Å². The van der Waals surface area contributed by atoms with E-state index in [1.165, 1.54) is 11.1 Å². The topological polar surface area (TPSA) is 26.3 Å². The SMILES string of the molecule is CCC(C)C(=O)C1Cc2cc(C)ccc2O1. The van der Waals surface area contributed by atoms with E-state index < -0.39 is 0 Å². The Balaban J connectivity index is 2.14. The zero-order valence-corrected chi connectivity index (χ0v) is 10.1. The summed E-state index contributed by atoms with van der Waals surface area (Å²) in [6, 6.07) is 6.10. The van der Waals surface area contributed by atoms with E-state index in [0.29, 0.717) is 0 Å². The van der Waals surface area contributed by atoms with Crippen molar-refractivity contribution in [2.75, 3.05) is 0 Å². The highest BCUT2D eigenvalue weighted by molar-refractivity contribution is 5.86. The lowest BCUT2D eigenvalue weighted by Gasteiger charge is -2.13. The largest absolute Gasteiger partial charge is 0.482 e. The lowest BCUT2D eigenvalue weighted by Crippen LogP contribution is -2.30. The van der Waals surface area contributed by atoms with Crippen LogP contribution in [-0.2, 0) is 11.2 Å². The summed E-state index contributed by atoms with van der Waals surface area (Å²) in [5.41, 5.74) is 2.39. The molecule has 1 heterocycles. The second-order valence-corrected chi connectivity index (χ2v) is 4.63. The molecule has 16 heavy (non-hydrogen) atoms. The molecule has 0 N–H and O–H groups in total. The Morgan fingerprint density at radius 3 is 3.00 bits per heavy atom. The monoisotopic (exact) mass is 218 g/mol. The summed E-state index contributed by atoms with van der Waals surface area (Å²) in [5.74, 6) is 1.21. The summed E-state index contributed by atoms with van der Waals surface area (Å²) in [6.07, 6.45) is 1.36. The minimum atomic E-state index is -0.258. The maximum absolute atomic E-state index is 12.0. The third-order valence-electron chi connectivity index (χ3n) is 3.31. The fraction of sp³-hybridized carbons (Fsp3) is 0.500. The van der Waals surface area contributed by atoms with E-state index in [2.05, 4.69) is 13.0 Å². The first-order chi connectivity index (χ1) is 7.61. The average molecular weight is 218 g/mol. The minimum Gasteiger partial charge on any atom is -0.482 e. The van der Waals surface area contributed by atoms with Crippen LogP contribution in [-0.4, -0.2) is 11.9 Å². The van der Waals surface area contributed by atoms with Crippen molar-refractivity contribution in [3.63, 3.8) is 0 Å². The zero-order valence-electron chi connectivity index (χ0n) is 10.1. The van der Waals surface area contributed by atoms with Crippen LogP contribution in [0.25, 0.3) is 0 Å². The van der Waals surface area contributed by atoms with Crippen molar-refractivity contribution < 1.29 is 9.53 Å². The Labute approximate surface area is 96.6 Å². The fourth-order valence-corrected chi connectivity index (χ4v) is 2.05. The van der Waals surface area contributed by atoms with Crippen molar-refractivity contribution in [1.29, 1.82) is 0 Å². The van der Waals surface area contributed by atoms with Crippen molar-refractivity contribution in [3.8, 4) is 5.75 Å². The molecule has 0 bridgehead atoms. The Bertz CT molecular complexity index is 409. The minimum absolute atomic E-state index is 0.0976. The Hall–Kier alpha value is -1.31. The molecular weight excluding hydrogens is 200 g/mol. The van der Waals surface area contributed by atoms with Crippen LogP contribution in [0.15, 0.2) is 18.2 Å². The maximum Gasteiger partial charge on any atom is 0.176 e. The van der Waals surface area contributed by atoms with Crippen LogP contribution < -0.4 is 4.74 Å². The van der Waals surface area contributed by atoms with Crippen LogP contribution in [0, 0.1) is 12.8 Å². The molecule has 1 aromatic rings. The highest BCUT2D eigenvalue weighted by atomic mass is 16.5. The maximum atomic E-state index is 12.0. The molecule has 0 saturated carbocycles. The van der Waals surface area contributed by atoms with Crippen LogP contribution in [0.1, 0.15) is 31.4 Å². The van der Waals surface area contributed by atoms with Gasteiger partial charge in [0, 0.05) is 12.3 Å². The molecule has 0 amide bonds. The van der Waals surface area contributed by atoms with Crippen molar-refractivity contribution >= 4 is 5.78 Å². The van der Waals surface area contributed by atoms with Gasteiger partial charge in [0.1, 0.15) is 5.75 Å². The molecule has 1 aliphatic rings. The van der Waals surface area contributed by atoms with E-state index in [1.807, 2.05) is 26.0 Å². The second kappa shape index (κ2) is 4.28. The molecule has 1 aromatic carbocycles. The van der Waals surface area contributed by atoms with E-state index in [4.69, 9.17) is 4.74 Å².